The monoisotopic (exact) mass is 288 g/mol. The number of carbonyl (C=O) groups is 1. The zero-order valence-electron chi connectivity index (χ0n) is 13.1. The number of hydrogen-bond acceptors (Lipinski definition) is 3. The molecule has 2 rings (SSSR count). The summed E-state index contributed by atoms with van der Waals surface area (Å²) in [6.07, 6.45) is 4.39. The van der Waals surface area contributed by atoms with Gasteiger partial charge in [0.2, 0.25) is 0 Å². The molecule has 0 spiro atoms. The van der Waals surface area contributed by atoms with Gasteiger partial charge in [-0.25, -0.2) is 5.43 Å². The first-order chi connectivity index (χ1) is 10.0. The van der Waals surface area contributed by atoms with E-state index in [-0.39, 0.29) is 12.5 Å². The average Bonchev–Trinajstić information content (AvgIpc) is 2.42. The van der Waals surface area contributed by atoms with Gasteiger partial charge in [0.15, 0.2) is 6.61 Å². The van der Waals surface area contributed by atoms with Crippen molar-refractivity contribution in [3.63, 3.8) is 0 Å². The van der Waals surface area contributed by atoms with Crippen molar-refractivity contribution in [1.82, 2.24) is 5.43 Å². The zero-order valence-corrected chi connectivity index (χ0v) is 13.1. The molecule has 21 heavy (non-hydrogen) atoms. The van der Waals surface area contributed by atoms with Gasteiger partial charge in [0.1, 0.15) is 5.75 Å². The van der Waals surface area contributed by atoms with E-state index in [1.54, 1.807) is 0 Å². The minimum Gasteiger partial charge on any atom is -0.484 e. The minimum absolute atomic E-state index is 0.00474. The lowest BCUT2D eigenvalue weighted by Crippen LogP contribution is -2.27. The Kier molecular flexibility index (Phi) is 5.37. The van der Waals surface area contributed by atoms with Gasteiger partial charge in [0.25, 0.3) is 5.91 Å². The van der Waals surface area contributed by atoms with E-state index in [1.165, 1.54) is 6.42 Å². The lowest BCUT2D eigenvalue weighted by Gasteiger charge is -2.18. The molecule has 4 heteroatoms. The number of aryl methyl sites for hydroxylation is 2. The van der Waals surface area contributed by atoms with Crippen LogP contribution in [0.2, 0.25) is 0 Å². The third kappa shape index (κ3) is 5.21. The molecule has 1 aromatic carbocycles. The van der Waals surface area contributed by atoms with Crippen molar-refractivity contribution in [2.45, 2.75) is 46.5 Å². The SMILES string of the molecule is Cc1cc(C)cc(OCC(=O)N/N=C2/CCC[C@@H](C)C2)c1. The molecule has 1 atom stereocenters. The van der Waals surface area contributed by atoms with E-state index < -0.39 is 0 Å². The van der Waals surface area contributed by atoms with Crippen molar-refractivity contribution >= 4 is 11.6 Å². The third-order valence-corrected chi connectivity index (χ3v) is 3.65. The van der Waals surface area contributed by atoms with Crippen LogP contribution in [0.4, 0.5) is 0 Å². The number of hydrogen-bond donors (Lipinski definition) is 1. The van der Waals surface area contributed by atoms with Crippen molar-refractivity contribution in [3.05, 3.63) is 29.3 Å². The van der Waals surface area contributed by atoms with Gasteiger partial charge in [-0.1, -0.05) is 13.0 Å². The molecule has 4 nitrogen and oxygen atoms in total. The second-order valence-electron chi connectivity index (χ2n) is 6.03. The fourth-order valence-electron chi connectivity index (χ4n) is 2.70. The second-order valence-corrected chi connectivity index (χ2v) is 6.03. The highest BCUT2D eigenvalue weighted by Crippen LogP contribution is 2.21. The van der Waals surface area contributed by atoms with Gasteiger partial charge in [-0.05, 0) is 68.7 Å². The van der Waals surface area contributed by atoms with E-state index in [2.05, 4.69) is 23.5 Å². The molecule has 114 valence electrons. The maximum Gasteiger partial charge on any atom is 0.277 e. The van der Waals surface area contributed by atoms with E-state index in [4.69, 9.17) is 4.74 Å². The molecular weight excluding hydrogens is 264 g/mol. The summed E-state index contributed by atoms with van der Waals surface area (Å²) in [4.78, 5) is 11.8. The first-order valence-corrected chi connectivity index (χ1v) is 7.58. The van der Waals surface area contributed by atoms with Crippen LogP contribution in [0.3, 0.4) is 0 Å². The van der Waals surface area contributed by atoms with Gasteiger partial charge < -0.3 is 4.74 Å². The summed E-state index contributed by atoms with van der Waals surface area (Å²) in [6, 6.07) is 5.92. The van der Waals surface area contributed by atoms with Crippen molar-refractivity contribution in [1.29, 1.82) is 0 Å². The quantitative estimate of drug-likeness (QED) is 0.864. The van der Waals surface area contributed by atoms with Gasteiger partial charge in [-0.2, -0.15) is 5.10 Å². The summed E-state index contributed by atoms with van der Waals surface area (Å²) in [6.45, 7) is 6.24. The fraction of sp³-hybridized carbons (Fsp3) is 0.529. The van der Waals surface area contributed by atoms with E-state index in [9.17, 15) is 4.79 Å². The second kappa shape index (κ2) is 7.25. The molecule has 1 N–H and O–H groups in total. The lowest BCUT2D eigenvalue weighted by atomic mass is 9.89. The summed E-state index contributed by atoms with van der Waals surface area (Å²) in [5.74, 6) is 1.18. The molecular formula is C17H24N2O2. The van der Waals surface area contributed by atoms with Gasteiger partial charge in [-0.15, -0.1) is 0 Å². The fourth-order valence-corrected chi connectivity index (χ4v) is 2.70. The van der Waals surface area contributed by atoms with Crippen LogP contribution < -0.4 is 10.2 Å². The van der Waals surface area contributed by atoms with Crippen molar-refractivity contribution in [3.8, 4) is 5.75 Å². The number of nitrogens with zero attached hydrogens (tertiary/aromatic N) is 1. The van der Waals surface area contributed by atoms with E-state index in [1.807, 2.05) is 26.0 Å². The third-order valence-electron chi connectivity index (χ3n) is 3.65. The Morgan fingerprint density at radius 2 is 2.05 bits per heavy atom. The first-order valence-electron chi connectivity index (χ1n) is 7.58. The molecule has 1 saturated carbocycles. The highest BCUT2D eigenvalue weighted by molar-refractivity contribution is 5.87. The Labute approximate surface area is 126 Å². The summed E-state index contributed by atoms with van der Waals surface area (Å²) < 4.78 is 5.51. The summed E-state index contributed by atoms with van der Waals surface area (Å²) in [5.41, 5.74) is 5.94. The van der Waals surface area contributed by atoms with Gasteiger partial charge in [0.05, 0.1) is 0 Å². The van der Waals surface area contributed by atoms with Crippen LogP contribution in [-0.2, 0) is 4.79 Å². The van der Waals surface area contributed by atoms with Gasteiger partial charge in [0, 0.05) is 5.71 Å². The molecule has 1 aliphatic rings. The number of benzene rings is 1. The molecule has 0 radical (unpaired) electrons. The van der Waals surface area contributed by atoms with Gasteiger partial charge in [-0.3, -0.25) is 4.79 Å². The maximum atomic E-state index is 11.8. The molecule has 0 aromatic heterocycles. The average molecular weight is 288 g/mol. The molecule has 0 unspecified atom stereocenters. The number of hydrazone groups is 1. The molecule has 1 amide bonds. The topological polar surface area (TPSA) is 50.7 Å². The summed E-state index contributed by atoms with van der Waals surface area (Å²) >= 11 is 0. The standard InChI is InChI=1S/C17H24N2O2/c1-12-5-4-6-15(8-12)18-19-17(20)11-21-16-9-13(2)7-14(3)10-16/h7,9-10,12H,4-6,8,11H2,1-3H3,(H,19,20)/b18-15-/t12-/m1/s1. The van der Waals surface area contributed by atoms with Crippen LogP contribution in [0.25, 0.3) is 0 Å². The molecule has 0 saturated heterocycles. The Morgan fingerprint density at radius 1 is 1.33 bits per heavy atom. The Morgan fingerprint density at radius 3 is 2.71 bits per heavy atom. The summed E-state index contributed by atoms with van der Waals surface area (Å²) in [7, 11) is 0. The number of amides is 1. The first kappa shape index (κ1) is 15.5. The maximum absolute atomic E-state index is 11.8. The van der Waals surface area contributed by atoms with E-state index >= 15 is 0 Å². The normalized spacial score (nSPS) is 20.3. The number of ether oxygens (including phenoxy) is 1. The van der Waals surface area contributed by atoms with E-state index in [0.29, 0.717) is 5.92 Å². The van der Waals surface area contributed by atoms with Gasteiger partial charge >= 0.3 is 0 Å². The van der Waals surface area contributed by atoms with E-state index in [0.717, 1.165) is 41.9 Å². The predicted molar refractivity (Wildman–Crippen MR) is 84.6 cm³/mol. The number of carbonyl (C=O) groups excluding carboxylic acids is 1. The largest absolute Gasteiger partial charge is 0.484 e. The number of nitrogens with one attached hydrogen (secondary N) is 1. The molecule has 0 bridgehead atoms. The van der Waals surface area contributed by atoms with Crippen LogP contribution in [0.1, 0.15) is 43.7 Å². The Hall–Kier alpha value is -1.84. The molecule has 1 aromatic rings. The van der Waals surface area contributed by atoms with Crippen LogP contribution >= 0.6 is 0 Å². The van der Waals surface area contributed by atoms with Crippen LogP contribution in [0, 0.1) is 19.8 Å². The highest BCUT2D eigenvalue weighted by Gasteiger charge is 2.14. The van der Waals surface area contributed by atoms with Crippen LogP contribution in [0.15, 0.2) is 23.3 Å². The Balaban J connectivity index is 1.80. The highest BCUT2D eigenvalue weighted by atomic mass is 16.5. The van der Waals surface area contributed by atoms with Crippen molar-refractivity contribution in [2.24, 2.45) is 11.0 Å². The van der Waals surface area contributed by atoms with Crippen LogP contribution in [-0.4, -0.2) is 18.2 Å². The molecule has 1 aliphatic carbocycles. The predicted octanol–water partition coefficient (Wildman–Crippen LogP) is 3.36. The molecule has 1 fully saturated rings. The summed E-state index contributed by atoms with van der Waals surface area (Å²) in [5, 5.41) is 4.22. The number of rotatable bonds is 4. The zero-order chi connectivity index (χ0) is 15.2. The lowest BCUT2D eigenvalue weighted by molar-refractivity contribution is -0.123. The van der Waals surface area contributed by atoms with Crippen molar-refractivity contribution < 1.29 is 9.53 Å². The minimum atomic E-state index is -0.208. The molecule has 0 heterocycles. The molecule has 0 aliphatic heterocycles. The van der Waals surface area contributed by atoms with Crippen LogP contribution in [0.5, 0.6) is 5.75 Å². The Bertz CT molecular complexity index is 517. The van der Waals surface area contributed by atoms with Crippen molar-refractivity contribution in [2.75, 3.05) is 6.61 Å². The smallest absolute Gasteiger partial charge is 0.277 e.